The van der Waals surface area contributed by atoms with Crippen molar-refractivity contribution < 1.29 is 29.3 Å². The number of carboxylic acid groups (broad SMARTS) is 1. The summed E-state index contributed by atoms with van der Waals surface area (Å²) >= 11 is 1.25. The minimum absolute atomic E-state index is 0.123. The van der Waals surface area contributed by atoms with Crippen molar-refractivity contribution in [3.05, 3.63) is 11.1 Å². The molecule has 2 rings (SSSR count). The predicted octanol–water partition coefficient (Wildman–Crippen LogP) is -0.793. The average molecular weight is 358 g/mol. The van der Waals surface area contributed by atoms with Gasteiger partial charge in [-0.3, -0.25) is 4.79 Å². The number of thiazole rings is 1. The highest BCUT2D eigenvalue weighted by Gasteiger charge is 2.25. The number of hydrogen-bond acceptors (Lipinski definition) is 8. The van der Waals surface area contributed by atoms with Crippen molar-refractivity contribution >= 4 is 34.4 Å². The fourth-order valence-electron chi connectivity index (χ4n) is 2.16. The third-order valence-electron chi connectivity index (χ3n) is 3.52. The Labute approximate surface area is 141 Å². The zero-order valence-corrected chi connectivity index (χ0v) is 13.8. The normalized spacial score (nSPS) is 15.8. The number of rotatable bonds is 5. The molecule has 3 N–H and O–H groups in total. The van der Waals surface area contributed by atoms with Gasteiger partial charge in [-0.05, 0) is 0 Å². The van der Waals surface area contributed by atoms with Crippen LogP contribution in [0.15, 0.2) is 5.38 Å². The van der Waals surface area contributed by atoms with Gasteiger partial charge in [0.2, 0.25) is 0 Å². The predicted molar refractivity (Wildman–Crippen MR) is 84.3 cm³/mol. The van der Waals surface area contributed by atoms with Crippen molar-refractivity contribution in [2.24, 2.45) is 0 Å². The molecule has 0 aliphatic carbocycles. The number of ether oxygens (including phenoxy) is 1. The van der Waals surface area contributed by atoms with Crippen LogP contribution < -0.4 is 10.2 Å². The lowest BCUT2D eigenvalue weighted by Gasteiger charge is -2.32. The SMILES string of the molecule is COC(=O)C(CO)NC(=O)c1csc(N2CCN(C(=O)O)CC2)n1. The maximum absolute atomic E-state index is 12.1. The van der Waals surface area contributed by atoms with Gasteiger partial charge in [-0.25, -0.2) is 14.6 Å². The average Bonchev–Trinajstić information content (AvgIpc) is 3.09. The Kier molecular flexibility index (Phi) is 5.93. The molecule has 1 aromatic heterocycles. The topological polar surface area (TPSA) is 132 Å². The van der Waals surface area contributed by atoms with Gasteiger partial charge in [-0.15, -0.1) is 11.3 Å². The van der Waals surface area contributed by atoms with Gasteiger partial charge in [0.25, 0.3) is 5.91 Å². The van der Waals surface area contributed by atoms with Crippen LogP contribution in [0, 0.1) is 0 Å². The number of aliphatic hydroxyl groups excluding tert-OH is 1. The molecule has 1 atom stereocenters. The van der Waals surface area contributed by atoms with E-state index in [-0.39, 0.29) is 5.69 Å². The van der Waals surface area contributed by atoms with E-state index in [1.807, 2.05) is 4.90 Å². The number of aliphatic hydroxyl groups is 1. The van der Waals surface area contributed by atoms with Crippen LogP contribution in [0.2, 0.25) is 0 Å². The quantitative estimate of drug-likeness (QED) is 0.583. The highest BCUT2D eigenvalue weighted by atomic mass is 32.1. The maximum Gasteiger partial charge on any atom is 0.407 e. The molecule has 2 amide bonds. The molecule has 1 aliphatic rings. The van der Waals surface area contributed by atoms with Crippen molar-refractivity contribution in [3.8, 4) is 0 Å². The zero-order valence-electron chi connectivity index (χ0n) is 13.0. The van der Waals surface area contributed by atoms with Gasteiger partial charge < -0.3 is 30.1 Å². The van der Waals surface area contributed by atoms with Crippen molar-refractivity contribution in [1.29, 1.82) is 0 Å². The Bertz CT molecular complexity index is 613. The van der Waals surface area contributed by atoms with Crippen LogP contribution in [0.5, 0.6) is 0 Å². The fourth-order valence-corrected chi connectivity index (χ4v) is 3.02. The van der Waals surface area contributed by atoms with Crippen LogP contribution >= 0.6 is 11.3 Å². The summed E-state index contributed by atoms with van der Waals surface area (Å²) in [6.07, 6.45) is -0.952. The third-order valence-corrected chi connectivity index (χ3v) is 4.42. The molecule has 24 heavy (non-hydrogen) atoms. The van der Waals surface area contributed by atoms with E-state index in [4.69, 9.17) is 10.2 Å². The van der Waals surface area contributed by atoms with Gasteiger partial charge in [0.1, 0.15) is 5.69 Å². The molecule has 1 aliphatic heterocycles. The molecular formula is C13H18N4O6S. The lowest BCUT2D eigenvalue weighted by molar-refractivity contribution is -0.143. The molecule has 0 saturated carbocycles. The number of methoxy groups -OCH3 is 1. The lowest BCUT2D eigenvalue weighted by Crippen LogP contribution is -2.48. The summed E-state index contributed by atoms with van der Waals surface area (Å²) in [5, 5.41) is 22.5. The van der Waals surface area contributed by atoms with E-state index in [9.17, 15) is 14.4 Å². The first-order valence-electron chi connectivity index (χ1n) is 7.14. The number of carbonyl (C=O) groups excluding carboxylic acids is 2. The van der Waals surface area contributed by atoms with Crippen LogP contribution in [0.4, 0.5) is 9.93 Å². The number of amides is 2. The van der Waals surface area contributed by atoms with Crippen molar-refractivity contribution in [2.45, 2.75) is 6.04 Å². The van der Waals surface area contributed by atoms with Crippen LogP contribution in [0.1, 0.15) is 10.5 Å². The van der Waals surface area contributed by atoms with Gasteiger partial charge in [-0.1, -0.05) is 0 Å². The van der Waals surface area contributed by atoms with E-state index in [2.05, 4.69) is 15.0 Å². The van der Waals surface area contributed by atoms with Gasteiger partial charge in [0, 0.05) is 31.6 Å². The standard InChI is InChI=1S/C13H18N4O6S/c1-23-11(20)8(6-18)14-10(19)9-7-24-12(15-9)16-2-4-17(5-3-16)13(21)22/h7-8,18H,2-6H2,1H3,(H,14,19)(H,21,22). The number of anilines is 1. The number of nitrogens with one attached hydrogen (secondary N) is 1. The Morgan fingerprint density at radius 1 is 1.38 bits per heavy atom. The summed E-state index contributed by atoms with van der Waals surface area (Å²) in [4.78, 5) is 41.8. The van der Waals surface area contributed by atoms with Gasteiger partial charge in [-0.2, -0.15) is 0 Å². The highest BCUT2D eigenvalue weighted by Crippen LogP contribution is 2.22. The third kappa shape index (κ3) is 4.11. The molecule has 0 radical (unpaired) electrons. The molecule has 0 aromatic carbocycles. The molecule has 0 bridgehead atoms. The van der Waals surface area contributed by atoms with Crippen LogP contribution in [-0.2, 0) is 9.53 Å². The second kappa shape index (κ2) is 7.93. The fraction of sp³-hybridized carbons (Fsp3) is 0.538. The number of aromatic nitrogens is 1. The Morgan fingerprint density at radius 2 is 2.04 bits per heavy atom. The van der Waals surface area contributed by atoms with Gasteiger partial charge in [0.15, 0.2) is 11.2 Å². The largest absolute Gasteiger partial charge is 0.467 e. The number of carbonyl (C=O) groups is 3. The first-order chi connectivity index (χ1) is 11.5. The molecule has 1 saturated heterocycles. The summed E-state index contributed by atoms with van der Waals surface area (Å²) in [7, 11) is 1.16. The molecule has 132 valence electrons. The maximum atomic E-state index is 12.1. The van der Waals surface area contributed by atoms with E-state index in [0.29, 0.717) is 31.3 Å². The number of piperazine rings is 1. The van der Waals surface area contributed by atoms with E-state index in [1.165, 1.54) is 16.2 Å². The summed E-state index contributed by atoms with van der Waals surface area (Å²) < 4.78 is 4.48. The molecule has 1 unspecified atom stereocenters. The molecule has 0 spiro atoms. The summed E-state index contributed by atoms with van der Waals surface area (Å²) in [5.74, 6) is -1.34. The number of nitrogens with zero attached hydrogens (tertiary/aromatic N) is 3. The first-order valence-corrected chi connectivity index (χ1v) is 8.02. The van der Waals surface area contributed by atoms with E-state index in [1.54, 1.807) is 5.38 Å². The molecule has 11 heteroatoms. The Morgan fingerprint density at radius 3 is 2.58 bits per heavy atom. The molecule has 1 aromatic rings. The summed E-state index contributed by atoms with van der Waals surface area (Å²) in [5.41, 5.74) is 0.123. The second-order valence-corrected chi connectivity index (χ2v) is 5.84. The highest BCUT2D eigenvalue weighted by molar-refractivity contribution is 7.13. The molecule has 2 heterocycles. The Hall–Kier alpha value is -2.40. The molecular weight excluding hydrogens is 340 g/mol. The molecule has 1 fully saturated rings. The van der Waals surface area contributed by atoms with Crippen molar-refractivity contribution in [3.63, 3.8) is 0 Å². The van der Waals surface area contributed by atoms with Gasteiger partial charge >= 0.3 is 12.1 Å². The van der Waals surface area contributed by atoms with Gasteiger partial charge in [0.05, 0.1) is 13.7 Å². The lowest BCUT2D eigenvalue weighted by atomic mass is 10.3. The zero-order chi connectivity index (χ0) is 17.7. The van der Waals surface area contributed by atoms with Crippen molar-refractivity contribution in [1.82, 2.24) is 15.2 Å². The van der Waals surface area contributed by atoms with Crippen LogP contribution in [0.3, 0.4) is 0 Å². The van der Waals surface area contributed by atoms with E-state index in [0.717, 1.165) is 7.11 Å². The minimum Gasteiger partial charge on any atom is -0.467 e. The summed E-state index contributed by atoms with van der Waals surface area (Å²) in [6, 6.07) is -1.15. The second-order valence-electron chi connectivity index (χ2n) is 5.00. The van der Waals surface area contributed by atoms with Crippen molar-refractivity contribution in [2.75, 3.05) is 44.8 Å². The van der Waals surface area contributed by atoms with E-state index < -0.39 is 30.6 Å². The minimum atomic E-state index is -1.15. The summed E-state index contributed by atoms with van der Waals surface area (Å²) in [6.45, 7) is 1.13. The number of hydrogen-bond donors (Lipinski definition) is 3. The number of esters is 1. The Balaban J connectivity index is 1.96. The van der Waals surface area contributed by atoms with E-state index >= 15 is 0 Å². The smallest absolute Gasteiger partial charge is 0.407 e. The van der Waals surface area contributed by atoms with Crippen LogP contribution in [-0.4, -0.2) is 84.0 Å². The molecule has 10 nitrogen and oxygen atoms in total. The monoisotopic (exact) mass is 358 g/mol. The first kappa shape index (κ1) is 17.9. The van der Waals surface area contributed by atoms with Crippen LogP contribution in [0.25, 0.3) is 0 Å².